The van der Waals surface area contributed by atoms with Gasteiger partial charge in [-0.05, 0) is 23.9 Å². The summed E-state index contributed by atoms with van der Waals surface area (Å²) in [6.07, 6.45) is 2.71. The summed E-state index contributed by atoms with van der Waals surface area (Å²) in [5, 5.41) is 1.97. The number of likely N-dealkylation sites (N-methyl/N-ethyl adjacent to an activating group) is 1. The molecule has 1 aliphatic rings. The molecule has 0 bridgehead atoms. The number of ether oxygens (including phenoxy) is 1. The Balaban J connectivity index is 0.00000312. The Labute approximate surface area is 167 Å². The first-order chi connectivity index (χ1) is 11.5. The predicted molar refractivity (Wildman–Crippen MR) is 102 cm³/mol. The number of thiophene rings is 1. The van der Waals surface area contributed by atoms with Gasteiger partial charge in [0.2, 0.25) is 0 Å². The zero-order valence-electron chi connectivity index (χ0n) is 14.1. The average molecular weight is 421 g/mol. The third-order valence-corrected chi connectivity index (χ3v) is 5.51. The second-order valence-corrected chi connectivity index (χ2v) is 8.28. The molecule has 0 aromatic carbocycles. The summed E-state index contributed by atoms with van der Waals surface area (Å²) in [6, 6.07) is 3.91. The van der Waals surface area contributed by atoms with Crippen LogP contribution in [0.2, 0.25) is 0 Å². The van der Waals surface area contributed by atoms with Gasteiger partial charge in [0.1, 0.15) is 17.5 Å². The summed E-state index contributed by atoms with van der Waals surface area (Å²) >= 11 is 8.17. The molecule has 1 N–H and O–H groups in total. The van der Waals surface area contributed by atoms with Crippen LogP contribution in [0, 0.1) is 0 Å². The van der Waals surface area contributed by atoms with Crippen LogP contribution >= 0.6 is 35.3 Å². The number of hydrogen-bond acceptors (Lipinski definition) is 6. The maximum atomic E-state index is 12.4. The van der Waals surface area contributed by atoms with E-state index in [2.05, 4.69) is 0 Å². The maximum absolute atomic E-state index is 12.4. The number of carbonyl (C=O) groups is 2. The third kappa shape index (κ3) is 7.07. The van der Waals surface area contributed by atoms with Crippen molar-refractivity contribution < 1.29 is 31.6 Å². The van der Waals surface area contributed by atoms with Gasteiger partial charge in [0.15, 0.2) is 0 Å². The fourth-order valence-electron chi connectivity index (χ4n) is 2.02. The summed E-state index contributed by atoms with van der Waals surface area (Å²) in [4.78, 5) is 28.5. The van der Waals surface area contributed by atoms with Crippen LogP contribution in [-0.2, 0) is 14.3 Å². The molecule has 2 rings (SSSR count). The van der Waals surface area contributed by atoms with Crippen molar-refractivity contribution in [2.75, 3.05) is 33.8 Å². The Kier molecular flexibility index (Phi) is 9.66. The second kappa shape index (κ2) is 10.9. The molecule has 0 aliphatic carbocycles. The highest BCUT2D eigenvalue weighted by molar-refractivity contribution is 8.26. The monoisotopic (exact) mass is 420 g/mol. The molecular formula is C16H21ClN2O3S3. The normalized spacial score (nSPS) is 15.8. The Morgan fingerprint density at radius 3 is 2.84 bits per heavy atom. The topological polar surface area (TPSA) is 51.1 Å². The van der Waals surface area contributed by atoms with Gasteiger partial charge in [0.25, 0.3) is 5.91 Å². The van der Waals surface area contributed by atoms with E-state index in [0.29, 0.717) is 35.2 Å². The lowest BCUT2D eigenvalue weighted by Crippen LogP contribution is -3.06. The lowest BCUT2D eigenvalue weighted by atomic mass is 10.3. The molecule has 1 aromatic rings. The molecule has 0 atom stereocenters. The molecule has 25 heavy (non-hydrogen) atoms. The fraction of sp³-hybridized carbons (Fsp3) is 0.438. The average Bonchev–Trinajstić information content (AvgIpc) is 3.11. The van der Waals surface area contributed by atoms with Crippen LogP contribution in [0.5, 0.6) is 0 Å². The summed E-state index contributed by atoms with van der Waals surface area (Å²) < 4.78 is 5.70. The van der Waals surface area contributed by atoms with Gasteiger partial charge in [-0.15, -0.1) is 11.3 Å². The highest BCUT2D eigenvalue weighted by Gasteiger charge is 2.31. The van der Waals surface area contributed by atoms with Gasteiger partial charge in [0.05, 0.1) is 19.0 Å². The minimum Gasteiger partial charge on any atom is -1.00 e. The van der Waals surface area contributed by atoms with Crippen molar-refractivity contribution >= 4 is 57.6 Å². The standard InChI is InChI=1S/C16H20N2O3S3.ClH/c1-17(2)8-9-21-14(19)6-3-7-18-15(20)13(24-16(18)22)11-12-5-4-10-23-12;/h4-5,10-11H,3,6-9H2,1-2H3;1H. The van der Waals surface area contributed by atoms with E-state index in [1.54, 1.807) is 16.2 Å². The van der Waals surface area contributed by atoms with Crippen molar-refractivity contribution in [1.82, 2.24) is 4.90 Å². The zero-order chi connectivity index (χ0) is 17.5. The van der Waals surface area contributed by atoms with E-state index >= 15 is 0 Å². The molecule has 2 heterocycles. The van der Waals surface area contributed by atoms with E-state index in [1.165, 1.54) is 16.7 Å². The van der Waals surface area contributed by atoms with Crippen LogP contribution in [0.4, 0.5) is 0 Å². The second-order valence-electron chi connectivity index (χ2n) is 5.63. The fourth-order valence-corrected chi connectivity index (χ4v) is 4.05. The van der Waals surface area contributed by atoms with Crippen LogP contribution in [0.25, 0.3) is 6.08 Å². The molecule has 1 aliphatic heterocycles. The molecule has 0 radical (unpaired) electrons. The van der Waals surface area contributed by atoms with Crippen molar-refractivity contribution in [2.24, 2.45) is 0 Å². The number of carbonyl (C=O) groups excluding carboxylic acids is 2. The van der Waals surface area contributed by atoms with Crippen molar-refractivity contribution in [3.63, 3.8) is 0 Å². The van der Waals surface area contributed by atoms with Crippen molar-refractivity contribution in [1.29, 1.82) is 0 Å². The number of hydrogen-bond donors (Lipinski definition) is 1. The molecule has 0 spiro atoms. The number of nitrogens with zero attached hydrogens (tertiary/aromatic N) is 1. The first-order valence-electron chi connectivity index (χ1n) is 7.71. The van der Waals surface area contributed by atoms with E-state index in [-0.39, 0.29) is 24.3 Å². The van der Waals surface area contributed by atoms with E-state index < -0.39 is 0 Å². The summed E-state index contributed by atoms with van der Waals surface area (Å²) in [5.41, 5.74) is 0. The third-order valence-electron chi connectivity index (χ3n) is 3.32. The summed E-state index contributed by atoms with van der Waals surface area (Å²) in [5.74, 6) is -0.307. The molecule has 1 amide bonds. The smallest absolute Gasteiger partial charge is 0.306 e. The number of amides is 1. The van der Waals surface area contributed by atoms with E-state index in [0.717, 1.165) is 11.4 Å². The van der Waals surface area contributed by atoms with Crippen LogP contribution < -0.4 is 17.3 Å². The van der Waals surface area contributed by atoms with Gasteiger partial charge < -0.3 is 22.0 Å². The number of rotatable bonds is 8. The molecule has 9 heteroatoms. The lowest BCUT2D eigenvalue weighted by molar-refractivity contribution is -0.858. The van der Waals surface area contributed by atoms with Gasteiger partial charge in [-0.25, -0.2) is 0 Å². The number of halogens is 1. The quantitative estimate of drug-likeness (QED) is 0.312. The molecule has 1 saturated heterocycles. The van der Waals surface area contributed by atoms with Gasteiger partial charge in [-0.3, -0.25) is 14.5 Å². The summed E-state index contributed by atoms with van der Waals surface area (Å²) in [7, 11) is 4.01. The van der Waals surface area contributed by atoms with Crippen LogP contribution in [0.1, 0.15) is 17.7 Å². The van der Waals surface area contributed by atoms with Crippen LogP contribution in [0.15, 0.2) is 22.4 Å². The first kappa shape index (κ1) is 22.1. The molecule has 0 unspecified atom stereocenters. The highest BCUT2D eigenvalue weighted by Crippen LogP contribution is 2.33. The predicted octanol–water partition coefficient (Wildman–Crippen LogP) is -1.58. The van der Waals surface area contributed by atoms with Gasteiger partial charge in [-0.1, -0.05) is 30.0 Å². The van der Waals surface area contributed by atoms with Crippen molar-refractivity contribution in [2.45, 2.75) is 12.8 Å². The number of thiocarbonyl (C=S) groups is 1. The van der Waals surface area contributed by atoms with E-state index in [9.17, 15) is 9.59 Å². The van der Waals surface area contributed by atoms with Crippen LogP contribution in [-0.4, -0.2) is 54.9 Å². The van der Waals surface area contributed by atoms with E-state index in [4.69, 9.17) is 17.0 Å². The maximum Gasteiger partial charge on any atom is 0.306 e. The molecule has 5 nitrogen and oxygen atoms in total. The van der Waals surface area contributed by atoms with Crippen molar-refractivity contribution in [3.05, 3.63) is 27.3 Å². The largest absolute Gasteiger partial charge is 1.00 e. The molecule has 1 aromatic heterocycles. The van der Waals surface area contributed by atoms with Gasteiger partial charge in [0, 0.05) is 17.8 Å². The Hall–Kier alpha value is -0.930. The number of thioether (sulfide) groups is 1. The highest BCUT2D eigenvalue weighted by atomic mass is 35.5. The number of quaternary nitrogens is 1. The van der Waals surface area contributed by atoms with Gasteiger partial charge >= 0.3 is 5.97 Å². The molecule has 138 valence electrons. The minimum atomic E-state index is -0.226. The minimum absolute atomic E-state index is 0. The SMILES string of the molecule is C[NH+](C)CCOC(=O)CCCN1C(=O)C(=Cc2cccs2)SC1=S.[Cl-]. The molecular weight excluding hydrogens is 400 g/mol. The first-order valence-corrected chi connectivity index (χ1v) is 9.81. The van der Waals surface area contributed by atoms with Gasteiger partial charge in [-0.2, -0.15) is 0 Å². The number of esters is 1. The van der Waals surface area contributed by atoms with Crippen molar-refractivity contribution in [3.8, 4) is 0 Å². The Morgan fingerprint density at radius 2 is 2.20 bits per heavy atom. The molecule has 1 fully saturated rings. The number of nitrogens with one attached hydrogen (secondary N) is 1. The molecule has 0 saturated carbocycles. The van der Waals surface area contributed by atoms with Crippen LogP contribution in [0.3, 0.4) is 0 Å². The zero-order valence-corrected chi connectivity index (χ0v) is 17.3. The van der Waals surface area contributed by atoms with E-state index in [1.807, 2.05) is 37.7 Å². The summed E-state index contributed by atoms with van der Waals surface area (Å²) in [6.45, 7) is 1.65. The lowest BCUT2D eigenvalue weighted by Gasteiger charge is -2.14. The Morgan fingerprint density at radius 1 is 1.44 bits per heavy atom. The Bertz CT molecular complexity index is 633.